The van der Waals surface area contributed by atoms with Crippen molar-refractivity contribution in [3.05, 3.63) is 55.4 Å². The van der Waals surface area contributed by atoms with Gasteiger partial charge in [0, 0.05) is 26.2 Å². The number of benzene rings is 2. The van der Waals surface area contributed by atoms with Crippen LogP contribution in [0.2, 0.25) is 25.1 Å². The molecule has 5 heteroatoms. The Morgan fingerprint density at radius 2 is 1.00 bits per heavy atom. The van der Waals surface area contributed by atoms with Gasteiger partial charge >= 0.3 is 0 Å². The third kappa shape index (κ3) is 2.67. The molecule has 2 aromatic carbocycles. The Labute approximate surface area is 124 Å². The van der Waals surface area contributed by atoms with Gasteiger partial charge < -0.3 is 0 Å². The maximum absolute atomic E-state index is 6.13. The second-order valence-electron chi connectivity index (χ2n) is 3.34. The number of halogens is 5. The molecule has 17 heavy (non-hydrogen) atoms. The average Bonchev–Trinajstić information content (AvgIpc) is 2.21. The molecule has 0 spiro atoms. The molecule has 0 N–H and O–H groups in total. The Morgan fingerprint density at radius 3 is 1.47 bits per heavy atom. The normalized spacial score (nSPS) is 10.6. The third-order valence-electron chi connectivity index (χ3n) is 2.22. The van der Waals surface area contributed by atoms with Crippen LogP contribution in [0.15, 0.2) is 30.3 Å². The Kier molecular flexibility index (Phi) is 4.12. The van der Waals surface area contributed by atoms with E-state index in [0.29, 0.717) is 36.2 Å². The Balaban J connectivity index is 2.77. The highest BCUT2D eigenvalue weighted by Crippen LogP contribution is 2.43. The van der Waals surface area contributed by atoms with E-state index >= 15 is 0 Å². The topological polar surface area (TPSA) is 0 Å². The van der Waals surface area contributed by atoms with Crippen LogP contribution in [0.3, 0.4) is 0 Å². The molecule has 2 aromatic rings. The van der Waals surface area contributed by atoms with E-state index in [1.807, 2.05) is 0 Å². The van der Waals surface area contributed by atoms with Crippen molar-refractivity contribution in [2.45, 2.75) is 0 Å². The van der Waals surface area contributed by atoms with Crippen LogP contribution in [0.25, 0.3) is 11.1 Å². The molecule has 0 nitrogen and oxygen atoms in total. The molecule has 0 atom stereocenters. The Bertz CT molecular complexity index is 534. The summed E-state index contributed by atoms with van der Waals surface area (Å²) in [5.41, 5.74) is 1.20. The number of hydrogen-bond acceptors (Lipinski definition) is 0. The van der Waals surface area contributed by atoms with Crippen LogP contribution in [0.5, 0.6) is 0 Å². The summed E-state index contributed by atoms with van der Waals surface area (Å²) in [6.45, 7) is 0. The Hall–Kier alpha value is -0.110. The smallest absolute Gasteiger partial charge is 0.0515 e. The van der Waals surface area contributed by atoms with Crippen molar-refractivity contribution in [3.63, 3.8) is 0 Å². The van der Waals surface area contributed by atoms with E-state index in [0.717, 1.165) is 0 Å². The maximum atomic E-state index is 6.13. The van der Waals surface area contributed by atoms with Crippen molar-refractivity contribution >= 4 is 58.0 Å². The fourth-order valence-corrected chi connectivity index (χ4v) is 3.11. The summed E-state index contributed by atoms with van der Waals surface area (Å²) in [6, 6.07) is 8.41. The third-order valence-corrected chi connectivity index (χ3v) is 3.66. The zero-order valence-corrected chi connectivity index (χ0v) is 12.1. The fraction of sp³-hybridized carbons (Fsp3) is 0. The second kappa shape index (κ2) is 5.26. The van der Waals surface area contributed by atoms with Gasteiger partial charge in [0.15, 0.2) is 0 Å². The van der Waals surface area contributed by atoms with Crippen LogP contribution in [-0.4, -0.2) is 0 Å². The molecule has 0 fully saturated rings. The first-order valence-corrected chi connectivity index (χ1v) is 6.48. The van der Waals surface area contributed by atoms with Crippen LogP contribution in [0.1, 0.15) is 0 Å². The van der Waals surface area contributed by atoms with Gasteiger partial charge in [-0.2, -0.15) is 0 Å². The van der Waals surface area contributed by atoms with Gasteiger partial charge in [0.25, 0.3) is 0 Å². The molecule has 0 aromatic heterocycles. The van der Waals surface area contributed by atoms with Crippen LogP contribution in [0, 0.1) is 0 Å². The highest BCUT2D eigenvalue weighted by atomic mass is 35.5. The predicted octanol–water partition coefficient (Wildman–Crippen LogP) is 6.62. The van der Waals surface area contributed by atoms with Crippen molar-refractivity contribution in [3.8, 4) is 11.1 Å². The van der Waals surface area contributed by atoms with E-state index in [2.05, 4.69) is 0 Å². The van der Waals surface area contributed by atoms with Crippen molar-refractivity contribution in [2.75, 3.05) is 0 Å². The monoisotopic (exact) mass is 336 g/mol. The quantitative estimate of drug-likeness (QED) is 0.548. The second-order valence-corrected chi connectivity index (χ2v) is 5.41. The largest absolute Gasteiger partial charge is 0.0842 e. The first-order valence-electron chi connectivity index (χ1n) is 4.59. The molecule has 0 bridgehead atoms. The van der Waals surface area contributed by atoms with Gasteiger partial charge in [-0.05, 0) is 24.3 Å². The molecule has 0 saturated carbocycles. The summed E-state index contributed by atoms with van der Waals surface area (Å²) in [5, 5.41) is 2.27. The van der Waals surface area contributed by atoms with E-state index in [1.165, 1.54) is 0 Å². The molecule has 0 radical (unpaired) electrons. The summed E-state index contributed by atoms with van der Waals surface area (Å²) in [5.74, 6) is 0. The summed E-state index contributed by atoms with van der Waals surface area (Å²) >= 11 is 30.3. The van der Waals surface area contributed by atoms with Crippen LogP contribution < -0.4 is 0 Å². The van der Waals surface area contributed by atoms with Gasteiger partial charge in [0.1, 0.15) is 0 Å². The minimum absolute atomic E-state index is 0.414. The van der Waals surface area contributed by atoms with E-state index in [-0.39, 0.29) is 0 Å². The van der Waals surface area contributed by atoms with Crippen LogP contribution in [-0.2, 0) is 0 Å². The van der Waals surface area contributed by atoms with Crippen molar-refractivity contribution < 1.29 is 0 Å². The summed E-state index contributed by atoms with van der Waals surface area (Å²) in [4.78, 5) is 0. The lowest BCUT2D eigenvalue weighted by Gasteiger charge is -2.11. The summed E-state index contributed by atoms with van der Waals surface area (Å²) in [7, 11) is 0. The lowest BCUT2D eigenvalue weighted by Crippen LogP contribution is -1.85. The van der Waals surface area contributed by atoms with Crippen molar-refractivity contribution in [1.29, 1.82) is 0 Å². The zero-order chi connectivity index (χ0) is 12.6. The standard InChI is InChI=1S/C12H5Cl5/c13-6-4-9(16)12(10(17)5-6)11-7(14)2-1-3-8(11)15/h1-5H/i1+1,2+1,3+1,4+1,5+1,6+1,7+1,8+1,9+1,10+1,11+1,12+1. The zero-order valence-electron chi connectivity index (χ0n) is 8.28. The molecule has 0 aliphatic rings. The molecule has 0 saturated heterocycles. The molecule has 88 valence electrons. The molecular formula is C12H5Cl5. The minimum Gasteiger partial charge on any atom is -0.0842 e. The lowest BCUT2D eigenvalue weighted by molar-refractivity contribution is 1.61. The first-order chi connectivity index (χ1) is 8.00. The van der Waals surface area contributed by atoms with Crippen LogP contribution >= 0.6 is 58.0 Å². The van der Waals surface area contributed by atoms with E-state index in [4.69, 9.17) is 58.0 Å². The number of hydrogen-bond donors (Lipinski definition) is 0. The highest BCUT2D eigenvalue weighted by molar-refractivity contribution is 6.45. The van der Waals surface area contributed by atoms with Crippen molar-refractivity contribution in [1.82, 2.24) is 0 Å². The van der Waals surface area contributed by atoms with Crippen molar-refractivity contribution in [2.24, 2.45) is 0 Å². The van der Waals surface area contributed by atoms with E-state index in [9.17, 15) is 0 Å². The minimum atomic E-state index is 0.414. The molecular weight excluding hydrogens is 333 g/mol. The van der Waals surface area contributed by atoms with Gasteiger partial charge in [-0.15, -0.1) is 0 Å². The summed E-state index contributed by atoms with van der Waals surface area (Å²) in [6.07, 6.45) is 0. The molecule has 2 rings (SSSR count). The molecule has 0 aliphatic carbocycles. The molecule has 0 unspecified atom stereocenters. The van der Waals surface area contributed by atoms with Gasteiger partial charge in [-0.25, -0.2) is 0 Å². The van der Waals surface area contributed by atoms with Gasteiger partial charge in [0.2, 0.25) is 0 Å². The van der Waals surface area contributed by atoms with E-state index < -0.39 is 0 Å². The van der Waals surface area contributed by atoms with Gasteiger partial charge in [-0.3, -0.25) is 0 Å². The predicted molar refractivity (Wildman–Crippen MR) is 76.9 cm³/mol. The lowest BCUT2D eigenvalue weighted by atomic mass is 11.0. The molecule has 0 heterocycles. The first kappa shape index (κ1) is 13.3. The van der Waals surface area contributed by atoms with E-state index in [1.54, 1.807) is 30.3 Å². The fourth-order valence-electron chi connectivity index (χ4n) is 1.52. The molecule has 0 amide bonds. The highest BCUT2D eigenvalue weighted by Gasteiger charge is 2.15. The van der Waals surface area contributed by atoms with Gasteiger partial charge in [-0.1, -0.05) is 64.1 Å². The van der Waals surface area contributed by atoms with Crippen LogP contribution in [0.4, 0.5) is 0 Å². The number of rotatable bonds is 1. The van der Waals surface area contributed by atoms with Gasteiger partial charge in [0.05, 0.1) is 10.0 Å². The maximum Gasteiger partial charge on any atom is 0.0515 e. The summed E-state index contributed by atoms with van der Waals surface area (Å²) < 4.78 is 0. The Morgan fingerprint density at radius 1 is 0.588 bits per heavy atom. The SMILES string of the molecule is Cl[13c]1[13cH][13c](Cl)[13c](-[13c]2[13c](Cl)[13cH][13cH][13cH][13c]2Cl)[13c](Cl)[13cH]1. The average molecular weight is 338 g/mol. The molecule has 0 aliphatic heterocycles.